The summed E-state index contributed by atoms with van der Waals surface area (Å²) >= 11 is 2.29. The summed E-state index contributed by atoms with van der Waals surface area (Å²) in [5, 5.41) is 0.249. The molecule has 1 amide bonds. The third-order valence-corrected chi connectivity index (χ3v) is 5.94. The molecule has 0 N–H and O–H groups in total. The lowest BCUT2D eigenvalue weighted by Crippen LogP contribution is -2.19. The number of ether oxygens (including phenoxy) is 1. The van der Waals surface area contributed by atoms with E-state index in [0.717, 1.165) is 27.6 Å². The summed E-state index contributed by atoms with van der Waals surface area (Å²) in [7, 11) is 1.52. The van der Waals surface area contributed by atoms with E-state index in [1.165, 1.54) is 29.1 Å². The monoisotopic (exact) mass is 405 g/mol. The van der Waals surface area contributed by atoms with Gasteiger partial charge in [-0.2, -0.15) is 4.99 Å². The molecule has 4 aromatic rings. The summed E-state index contributed by atoms with van der Waals surface area (Å²) < 4.78 is 35.7. The third-order valence-electron chi connectivity index (χ3n) is 3.89. The molecule has 0 saturated heterocycles. The number of thiazole rings is 2. The zero-order chi connectivity index (χ0) is 19.0. The Hall–Kier alpha value is -2.49. The first-order chi connectivity index (χ1) is 13.1. The normalized spacial score (nSPS) is 12.3. The first-order valence-electron chi connectivity index (χ1n) is 7.99. The molecule has 138 valence electrons. The van der Waals surface area contributed by atoms with Gasteiger partial charge in [-0.05, 0) is 18.2 Å². The summed E-state index contributed by atoms with van der Waals surface area (Å²) in [5.74, 6) is -1.90. The Balaban J connectivity index is 1.85. The lowest BCUT2D eigenvalue weighted by atomic mass is 10.3. The van der Waals surface area contributed by atoms with Crippen LogP contribution >= 0.6 is 22.7 Å². The van der Waals surface area contributed by atoms with E-state index in [4.69, 9.17) is 4.74 Å². The molecule has 0 atom stereocenters. The highest BCUT2D eigenvalue weighted by atomic mass is 32.1. The summed E-state index contributed by atoms with van der Waals surface area (Å²) in [6.07, 6.45) is 0. The van der Waals surface area contributed by atoms with E-state index in [9.17, 15) is 13.6 Å². The van der Waals surface area contributed by atoms with Gasteiger partial charge in [0, 0.05) is 19.7 Å². The van der Waals surface area contributed by atoms with Crippen LogP contribution in [0.15, 0.2) is 41.4 Å². The van der Waals surface area contributed by atoms with E-state index in [1.54, 1.807) is 0 Å². The topological polar surface area (TPSA) is 56.5 Å². The molecule has 0 bridgehead atoms. The molecule has 0 spiro atoms. The van der Waals surface area contributed by atoms with Crippen LogP contribution in [0.1, 0.15) is 9.80 Å². The molecule has 9 heteroatoms. The standard InChI is InChI=1S/C18H13F2N3O2S2/c1-25-7-6-23-15-11(20)8-10(19)9-14(15)27-18(23)22-16(24)17-21-12-4-2-3-5-13(12)26-17/h2-5,8-9H,6-7H2,1H3. The van der Waals surface area contributed by atoms with Crippen molar-refractivity contribution in [2.45, 2.75) is 6.54 Å². The Morgan fingerprint density at radius 1 is 1.22 bits per heavy atom. The molecule has 0 saturated carbocycles. The van der Waals surface area contributed by atoms with Crippen LogP contribution in [0.25, 0.3) is 20.4 Å². The summed E-state index contributed by atoms with van der Waals surface area (Å²) in [6, 6.07) is 9.45. The van der Waals surface area contributed by atoms with E-state index in [1.807, 2.05) is 24.3 Å². The molecule has 5 nitrogen and oxygen atoms in total. The second-order valence-electron chi connectivity index (χ2n) is 5.67. The number of carbonyl (C=O) groups excluding carboxylic acids is 1. The molecule has 0 aliphatic carbocycles. The second kappa shape index (κ2) is 7.26. The van der Waals surface area contributed by atoms with Crippen molar-refractivity contribution >= 4 is 49.0 Å². The molecule has 27 heavy (non-hydrogen) atoms. The molecule has 2 heterocycles. The van der Waals surface area contributed by atoms with Crippen molar-refractivity contribution in [1.82, 2.24) is 9.55 Å². The van der Waals surface area contributed by atoms with Crippen LogP contribution in [0.3, 0.4) is 0 Å². The molecule has 0 radical (unpaired) electrons. The highest BCUT2D eigenvalue weighted by Gasteiger charge is 2.16. The summed E-state index contributed by atoms with van der Waals surface area (Å²) in [4.78, 5) is 21.3. The van der Waals surface area contributed by atoms with Crippen LogP contribution in [-0.4, -0.2) is 29.2 Å². The van der Waals surface area contributed by atoms with E-state index in [0.29, 0.717) is 11.3 Å². The largest absolute Gasteiger partial charge is 0.383 e. The number of rotatable bonds is 4. The van der Waals surface area contributed by atoms with Crippen molar-refractivity contribution in [2.24, 2.45) is 4.99 Å². The fourth-order valence-corrected chi connectivity index (χ4v) is 4.65. The number of carbonyl (C=O) groups is 1. The van der Waals surface area contributed by atoms with Gasteiger partial charge in [0.1, 0.15) is 5.82 Å². The molecular weight excluding hydrogens is 392 g/mol. The predicted molar refractivity (Wildman–Crippen MR) is 101 cm³/mol. The van der Waals surface area contributed by atoms with Gasteiger partial charge in [0.05, 0.1) is 27.0 Å². The van der Waals surface area contributed by atoms with Crippen LogP contribution in [0.5, 0.6) is 0 Å². The van der Waals surface area contributed by atoms with Crippen molar-refractivity contribution in [1.29, 1.82) is 0 Å². The zero-order valence-electron chi connectivity index (χ0n) is 14.1. The van der Waals surface area contributed by atoms with Crippen molar-refractivity contribution in [3.05, 3.63) is 57.8 Å². The molecule has 0 fully saturated rings. The minimum absolute atomic E-state index is 0.203. The Kier molecular flexibility index (Phi) is 4.81. The minimum Gasteiger partial charge on any atom is -0.383 e. The van der Waals surface area contributed by atoms with Gasteiger partial charge in [-0.1, -0.05) is 23.5 Å². The molecule has 2 aromatic heterocycles. The number of halogens is 2. The first-order valence-corrected chi connectivity index (χ1v) is 9.62. The molecular formula is C18H13F2N3O2S2. The van der Waals surface area contributed by atoms with Crippen LogP contribution in [0, 0.1) is 11.6 Å². The van der Waals surface area contributed by atoms with Gasteiger partial charge >= 0.3 is 5.91 Å². The number of nitrogens with zero attached hydrogens (tertiary/aromatic N) is 3. The second-order valence-corrected chi connectivity index (χ2v) is 7.71. The average Bonchev–Trinajstić information content (AvgIpc) is 3.21. The van der Waals surface area contributed by atoms with Crippen LogP contribution in [0.2, 0.25) is 0 Å². The third kappa shape index (κ3) is 3.41. The molecule has 4 rings (SSSR count). The van der Waals surface area contributed by atoms with Gasteiger partial charge in [-0.15, -0.1) is 11.3 Å². The number of hydrogen-bond acceptors (Lipinski definition) is 5. The van der Waals surface area contributed by atoms with E-state index < -0.39 is 17.5 Å². The number of para-hydroxylation sites is 1. The Morgan fingerprint density at radius 2 is 2.04 bits per heavy atom. The van der Waals surface area contributed by atoms with E-state index in [-0.39, 0.29) is 21.9 Å². The minimum atomic E-state index is -0.703. The summed E-state index contributed by atoms with van der Waals surface area (Å²) in [5.41, 5.74) is 0.923. The number of methoxy groups -OCH3 is 1. The van der Waals surface area contributed by atoms with Crippen molar-refractivity contribution < 1.29 is 18.3 Å². The van der Waals surface area contributed by atoms with Gasteiger partial charge in [0.2, 0.25) is 0 Å². The Labute approximate surface area is 160 Å². The number of benzene rings is 2. The van der Waals surface area contributed by atoms with Crippen LogP contribution < -0.4 is 4.80 Å². The lowest BCUT2D eigenvalue weighted by molar-refractivity contribution is 0.0997. The number of amides is 1. The maximum Gasteiger partial charge on any atom is 0.308 e. The smallest absolute Gasteiger partial charge is 0.308 e. The molecule has 0 aliphatic rings. The van der Waals surface area contributed by atoms with Crippen LogP contribution in [-0.2, 0) is 11.3 Å². The van der Waals surface area contributed by atoms with E-state index >= 15 is 0 Å². The number of hydrogen-bond donors (Lipinski definition) is 0. The predicted octanol–water partition coefficient (Wildman–Crippen LogP) is 3.98. The fraction of sp³-hybridized carbons (Fsp3) is 0.167. The van der Waals surface area contributed by atoms with Gasteiger partial charge in [0.25, 0.3) is 0 Å². The van der Waals surface area contributed by atoms with Crippen LogP contribution in [0.4, 0.5) is 8.78 Å². The maximum atomic E-state index is 14.3. The SMILES string of the molecule is COCCn1c(=NC(=O)c2nc3ccccc3s2)sc2cc(F)cc(F)c21. The lowest BCUT2D eigenvalue weighted by Gasteiger charge is -2.04. The summed E-state index contributed by atoms with van der Waals surface area (Å²) in [6.45, 7) is 0.580. The average molecular weight is 405 g/mol. The molecule has 2 aromatic carbocycles. The maximum absolute atomic E-state index is 14.3. The number of fused-ring (bicyclic) bond motifs is 2. The van der Waals surface area contributed by atoms with Gasteiger partial charge in [0.15, 0.2) is 15.6 Å². The van der Waals surface area contributed by atoms with Crippen molar-refractivity contribution in [2.75, 3.05) is 13.7 Å². The Bertz CT molecular complexity index is 1190. The van der Waals surface area contributed by atoms with Crippen molar-refractivity contribution in [3.8, 4) is 0 Å². The number of aromatic nitrogens is 2. The Morgan fingerprint density at radius 3 is 2.81 bits per heavy atom. The fourth-order valence-electron chi connectivity index (χ4n) is 2.70. The van der Waals surface area contributed by atoms with Gasteiger partial charge in [-0.3, -0.25) is 4.79 Å². The molecule has 0 aliphatic heterocycles. The highest BCUT2D eigenvalue weighted by Crippen LogP contribution is 2.24. The van der Waals surface area contributed by atoms with E-state index in [2.05, 4.69) is 9.98 Å². The highest BCUT2D eigenvalue weighted by molar-refractivity contribution is 7.20. The molecule has 0 unspecified atom stereocenters. The zero-order valence-corrected chi connectivity index (χ0v) is 15.7. The van der Waals surface area contributed by atoms with Crippen molar-refractivity contribution in [3.63, 3.8) is 0 Å². The quantitative estimate of drug-likeness (QED) is 0.516. The first kappa shape index (κ1) is 17.9. The van der Waals surface area contributed by atoms with Gasteiger partial charge < -0.3 is 9.30 Å². The van der Waals surface area contributed by atoms with Gasteiger partial charge in [-0.25, -0.2) is 13.8 Å².